The Labute approximate surface area is 568 Å². The van der Waals surface area contributed by atoms with Gasteiger partial charge < -0.3 is 38.2 Å². The molecule has 15 nitrogen and oxygen atoms in total. The van der Waals surface area contributed by atoms with E-state index in [9.17, 15) is 0 Å². The Bertz CT molecular complexity index is 3960. The molecular weight excluding hydrogens is 1200 g/mol. The molecule has 6 atom stereocenters. The number of carbonyl (C=O) groups is 4. The number of benzene rings is 7. The summed E-state index contributed by atoms with van der Waals surface area (Å²) < 4.78 is 36.2. The van der Waals surface area contributed by atoms with Gasteiger partial charge in [0.15, 0.2) is 5.78 Å². The maximum atomic E-state index is 15.3. The molecule has 7 aromatic carbocycles. The molecule has 0 bridgehead atoms. The van der Waals surface area contributed by atoms with Crippen LogP contribution in [0.1, 0.15) is 158 Å². The largest absolute Gasteiger partial charge is 0.497 e. The summed E-state index contributed by atoms with van der Waals surface area (Å²) in [6, 6.07) is 49.7. The van der Waals surface area contributed by atoms with Crippen LogP contribution in [0.5, 0.6) is 23.0 Å². The third kappa shape index (κ3) is 15.0. The summed E-state index contributed by atoms with van der Waals surface area (Å²) in [5.41, 5.74) is 11.7. The molecule has 0 saturated heterocycles. The van der Waals surface area contributed by atoms with Crippen molar-refractivity contribution in [2.75, 3.05) is 54.6 Å². The van der Waals surface area contributed by atoms with Crippen molar-refractivity contribution < 1.29 is 47.6 Å². The Morgan fingerprint density at radius 2 is 1.18 bits per heavy atom. The van der Waals surface area contributed by atoms with Gasteiger partial charge in [0.25, 0.3) is 0 Å². The fourth-order valence-corrected chi connectivity index (χ4v) is 14.8. The summed E-state index contributed by atoms with van der Waals surface area (Å²) in [5, 5.41) is 0. The highest BCUT2D eigenvalue weighted by molar-refractivity contribution is 6.13. The molecule has 2 aliphatic carbocycles. The molecule has 96 heavy (non-hydrogen) atoms. The van der Waals surface area contributed by atoms with Gasteiger partial charge in [-0.1, -0.05) is 110 Å². The van der Waals surface area contributed by atoms with Crippen LogP contribution in [0, 0.1) is 18.8 Å². The number of para-hydroxylation sites is 2. The highest BCUT2D eigenvalue weighted by Crippen LogP contribution is 2.51. The predicted octanol–water partition coefficient (Wildman–Crippen LogP) is 18.0. The fourth-order valence-electron chi connectivity index (χ4n) is 14.8. The lowest BCUT2D eigenvalue weighted by molar-refractivity contribution is -0.122. The van der Waals surface area contributed by atoms with Gasteiger partial charge in [-0.3, -0.25) is 24.4 Å². The topological polar surface area (TPSA) is 149 Å². The van der Waals surface area contributed by atoms with Crippen LogP contribution in [0.2, 0.25) is 0 Å². The number of aryl methyl sites for hydroxylation is 1. The first-order valence-electron chi connectivity index (χ1n) is 33.8. The van der Waals surface area contributed by atoms with E-state index in [-0.39, 0.29) is 79.5 Å². The van der Waals surface area contributed by atoms with E-state index in [4.69, 9.17) is 33.4 Å². The summed E-state index contributed by atoms with van der Waals surface area (Å²) in [6.45, 7) is 23.4. The Hall–Kier alpha value is -9.37. The number of hydrogen-bond donors (Lipinski definition) is 0. The Morgan fingerprint density at radius 3 is 1.77 bits per heavy atom. The van der Waals surface area contributed by atoms with Crippen LogP contribution in [-0.2, 0) is 32.1 Å². The summed E-state index contributed by atoms with van der Waals surface area (Å²) in [4.78, 5) is 74.2. The van der Waals surface area contributed by atoms with Gasteiger partial charge in [0.05, 0.1) is 70.1 Å². The van der Waals surface area contributed by atoms with Crippen LogP contribution in [0.3, 0.4) is 0 Å². The molecule has 6 unspecified atom stereocenters. The van der Waals surface area contributed by atoms with Crippen LogP contribution >= 0.6 is 0 Å². The highest BCUT2D eigenvalue weighted by atomic mass is 16.6. The number of ketones is 2. The van der Waals surface area contributed by atoms with Gasteiger partial charge in [0.2, 0.25) is 0 Å². The molecule has 0 spiro atoms. The second-order valence-electron chi connectivity index (χ2n) is 27.1. The van der Waals surface area contributed by atoms with Gasteiger partial charge in [-0.05, 0) is 182 Å². The quantitative estimate of drug-likeness (QED) is 0.0600. The highest BCUT2D eigenvalue weighted by Gasteiger charge is 2.48. The number of carbonyl (C=O) groups excluding carboxylic acids is 4. The van der Waals surface area contributed by atoms with E-state index in [1.165, 1.54) is 0 Å². The standard InChI is InChI=1S/C81H95N5O10/c1-49(2)47-95-80(89)85(78(66-36-30-62(45-74(66)93-14)83(50(3)4)51(5)6)76-54(10)40-60(43-72(76)87)58-26-32-64(91-12)33-27-58)70-38-25-57(39-53(70)9)41-55(11)84(52(7)8)63-31-37-67(75(46-63)94-15)79-77-69(42-61(44-73(77)88)59-28-34-65(92-13)35-29-59)82-68-23-19-20-24-71(68)86(79)81(90)96-48-56-21-17-16-18-22-56/h16-39,45-46,49-52,55,60-61,77-79H,40-44,47-48H2,1-15H3. The Kier molecular flexibility index (Phi) is 22.1. The smallest absolute Gasteiger partial charge is 0.415 e. The average Bonchev–Trinajstić information content (AvgIpc) is 1.41. The predicted molar refractivity (Wildman–Crippen MR) is 384 cm³/mol. The van der Waals surface area contributed by atoms with Gasteiger partial charge in [0.1, 0.15) is 35.4 Å². The van der Waals surface area contributed by atoms with E-state index in [1.807, 2.05) is 161 Å². The number of Topliss-reactive ketones (excluding diaryl/α,β-unsaturated/α-hetero) is 2. The molecule has 1 aliphatic heterocycles. The number of amides is 2. The number of nitrogens with zero attached hydrogens (tertiary/aromatic N) is 5. The van der Waals surface area contributed by atoms with Gasteiger partial charge >= 0.3 is 12.2 Å². The second-order valence-corrected chi connectivity index (χ2v) is 27.1. The van der Waals surface area contributed by atoms with Crippen LogP contribution in [-0.4, -0.2) is 88.7 Å². The molecule has 15 heteroatoms. The second kappa shape index (κ2) is 30.6. The van der Waals surface area contributed by atoms with Crippen LogP contribution < -0.4 is 38.5 Å². The van der Waals surface area contributed by atoms with E-state index < -0.39 is 30.2 Å². The first-order chi connectivity index (χ1) is 46.1. The number of methoxy groups -OCH3 is 4. The van der Waals surface area contributed by atoms with Crippen LogP contribution in [0.15, 0.2) is 174 Å². The summed E-state index contributed by atoms with van der Waals surface area (Å²) in [7, 11) is 6.55. The van der Waals surface area contributed by atoms with E-state index >= 15 is 19.2 Å². The Balaban J connectivity index is 1.02. The van der Waals surface area contributed by atoms with Gasteiger partial charge in [-0.15, -0.1) is 0 Å². The molecule has 2 amide bonds. The summed E-state index contributed by atoms with van der Waals surface area (Å²) in [6.07, 6.45) is 0.986. The fraction of sp³-hybridized carbons (Fsp3) is 0.395. The molecular formula is C81H95N5O10. The first kappa shape index (κ1) is 69.5. The van der Waals surface area contributed by atoms with E-state index in [0.717, 1.165) is 56.3 Å². The van der Waals surface area contributed by atoms with Crippen molar-refractivity contribution in [1.82, 2.24) is 0 Å². The van der Waals surface area contributed by atoms with Crippen molar-refractivity contribution in [2.45, 2.75) is 163 Å². The number of allylic oxidation sites excluding steroid dienone is 1. The number of hydrogen-bond acceptors (Lipinski definition) is 13. The van der Waals surface area contributed by atoms with E-state index in [1.54, 1.807) is 38.2 Å². The normalized spacial score (nSPS) is 17.7. The van der Waals surface area contributed by atoms with E-state index in [0.29, 0.717) is 70.2 Å². The number of fused-ring (bicyclic) bond motifs is 2. The molecule has 1 saturated carbocycles. The van der Waals surface area contributed by atoms with Crippen molar-refractivity contribution in [3.8, 4) is 23.0 Å². The van der Waals surface area contributed by atoms with Crippen LogP contribution in [0.4, 0.5) is 38.0 Å². The maximum absolute atomic E-state index is 15.3. The summed E-state index contributed by atoms with van der Waals surface area (Å²) >= 11 is 0. The number of rotatable bonds is 23. The zero-order valence-corrected chi connectivity index (χ0v) is 58.6. The average molecular weight is 1300 g/mol. The third-order valence-electron chi connectivity index (χ3n) is 19.0. The molecule has 1 heterocycles. The lowest BCUT2D eigenvalue weighted by atomic mass is 9.72. The minimum atomic E-state index is -0.923. The lowest BCUT2D eigenvalue weighted by Gasteiger charge is -2.39. The Morgan fingerprint density at radius 1 is 0.583 bits per heavy atom. The number of anilines is 4. The molecule has 10 rings (SSSR count). The van der Waals surface area contributed by atoms with Gasteiger partial charge in [0, 0.05) is 82.9 Å². The SMILES string of the molecule is COc1ccc(C2CC(=O)C3C(=Nc4ccccc4N(C(=O)OCc4ccccc4)C3c3ccc(N(C(C)C)C(C)Cc4ccc(N(C(=O)OCC(C)C)C(C5=C(C)CC(c6ccc(OC)cc6)CC5=O)c5ccc(N(C(C)C)C(C)C)cc5OC)c(C)c4)cc3OC)C2)cc1. The van der Waals surface area contributed by atoms with Crippen LogP contribution in [0.25, 0.3) is 0 Å². The van der Waals surface area contributed by atoms with E-state index in [2.05, 4.69) is 82.5 Å². The zero-order chi connectivity index (χ0) is 68.6. The number of aliphatic imine (C=N–C) groups is 1. The molecule has 504 valence electrons. The first-order valence-corrected chi connectivity index (χ1v) is 33.8. The summed E-state index contributed by atoms with van der Waals surface area (Å²) in [5.74, 6) is 1.41. The van der Waals surface area contributed by atoms with Crippen molar-refractivity contribution in [3.63, 3.8) is 0 Å². The van der Waals surface area contributed by atoms with Crippen molar-refractivity contribution in [2.24, 2.45) is 16.8 Å². The molecule has 7 aromatic rings. The van der Waals surface area contributed by atoms with Crippen molar-refractivity contribution in [3.05, 3.63) is 208 Å². The maximum Gasteiger partial charge on any atom is 0.415 e. The number of ether oxygens (including phenoxy) is 6. The molecule has 0 aromatic heterocycles. The molecule has 0 radical (unpaired) electrons. The zero-order valence-electron chi connectivity index (χ0n) is 58.6. The van der Waals surface area contributed by atoms with Crippen molar-refractivity contribution >= 4 is 57.9 Å². The lowest BCUT2D eigenvalue weighted by Crippen LogP contribution is -2.46. The molecule has 3 aliphatic rings. The van der Waals surface area contributed by atoms with Gasteiger partial charge in [-0.2, -0.15) is 0 Å². The molecule has 0 N–H and O–H groups in total. The van der Waals surface area contributed by atoms with Gasteiger partial charge in [-0.25, -0.2) is 9.59 Å². The monoisotopic (exact) mass is 1300 g/mol. The minimum Gasteiger partial charge on any atom is -0.497 e. The minimum absolute atomic E-state index is 0.00550. The third-order valence-corrected chi connectivity index (χ3v) is 19.0. The molecule has 1 fully saturated rings. The van der Waals surface area contributed by atoms with Crippen molar-refractivity contribution in [1.29, 1.82) is 0 Å².